The van der Waals surface area contributed by atoms with Crippen molar-refractivity contribution in [1.29, 1.82) is 0 Å². The SMILES string of the molecule is C#CC(=O)NNC(=O)NCC(C)C. The largest absolute Gasteiger partial charge is 0.336 e. The lowest BCUT2D eigenvalue weighted by atomic mass is 10.2. The number of nitrogens with one attached hydrogen (secondary N) is 3. The van der Waals surface area contributed by atoms with Gasteiger partial charge in [-0.3, -0.25) is 10.2 Å². The Morgan fingerprint density at radius 1 is 1.38 bits per heavy atom. The molecule has 0 aromatic heterocycles. The second-order valence-corrected chi connectivity index (χ2v) is 2.83. The molecule has 3 N–H and O–H groups in total. The quantitative estimate of drug-likeness (QED) is 0.403. The molecule has 0 bridgehead atoms. The Morgan fingerprint density at radius 2 is 2.00 bits per heavy atom. The van der Waals surface area contributed by atoms with Gasteiger partial charge in [0, 0.05) is 6.54 Å². The third kappa shape index (κ3) is 6.69. The third-order valence-electron chi connectivity index (χ3n) is 1.09. The van der Waals surface area contributed by atoms with Gasteiger partial charge >= 0.3 is 11.9 Å². The highest BCUT2D eigenvalue weighted by Crippen LogP contribution is 1.85. The van der Waals surface area contributed by atoms with Crippen LogP contribution in [0.3, 0.4) is 0 Å². The summed E-state index contributed by atoms with van der Waals surface area (Å²) in [5.74, 6) is 1.47. The van der Waals surface area contributed by atoms with E-state index in [4.69, 9.17) is 6.42 Å². The fourth-order valence-electron chi connectivity index (χ4n) is 0.491. The summed E-state index contributed by atoms with van der Waals surface area (Å²) >= 11 is 0. The van der Waals surface area contributed by atoms with E-state index in [2.05, 4.69) is 10.7 Å². The van der Waals surface area contributed by atoms with Crippen LogP contribution < -0.4 is 16.2 Å². The van der Waals surface area contributed by atoms with E-state index in [1.165, 1.54) is 0 Å². The van der Waals surface area contributed by atoms with Gasteiger partial charge in [-0.2, -0.15) is 0 Å². The predicted octanol–water partition coefficient (Wildman–Crippen LogP) is -0.394. The number of hydrazine groups is 1. The Labute approximate surface area is 77.2 Å². The van der Waals surface area contributed by atoms with Gasteiger partial charge in [0.1, 0.15) is 0 Å². The van der Waals surface area contributed by atoms with Crippen LogP contribution in [0, 0.1) is 18.3 Å². The van der Waals surface area contributed by atoms with E-state index in [1.54, 1.807) is 5.92 Å². The first-order valence-electron chi connectivity index (χ1n) is 3.86. The molecule has 0 aromatic carbocycles. The van der Waals surface area contributed by atoms with Crippen LogP contribution in [0.5, 0.6) is 0 Å². The van der Waals surface area contributed by atoms with Gasteiger partial charge in [-0.1, -0.05) is 13.8 Å². The van der Waals surface area contributed by atoms with Crippen LogP contribution in [-0.2, 0) is 4.79 Å². The summed E-state index contributed by atoms with van der Waals surface area (Å²) in [7, 11) is 0. The maximum Gasteiger partial charge on any atom is 0.333 e. The Hall–Kier alpha value is -1.70. The van der Waals surface area contributed by atoms with Crippen LogP contribution in [0.15, 0.2) is 0 Å². The Morgan fingerprint density at radius 3 is 2.46 bits per heavy atom. The minimum atomic E-state index is -0.681. The molecule has 0 fully saturated rings. The van der Waals surface area contributed by atoms with Crippen LogP contribution in [0.1, 0.15) is 13.8 Å². The standard InChI is InChI=1S/C8H13N3O2/c1-4-7(12)10-11-8(13)9-5-6(2)3/h1,6H,5H2,2-3H3,(H,10,12)(H2,9,11,13). The van der Waals surface area contributed by atoms with Crippen LogP contribution in [0.2, 0.25) is 0 Å². The lowest BCUT2D eigenvalue weighted by Crippen LogP contribution is -2.47. The van der Waals surface area contributed by atoms with Crippen LogP contribution in [0.25, 0.3) is 0 Å². The first-order chi connectivity index (χ1) is 6.06. The molecule has 0 spiro atoms. The number of amides is 3. The smallest absolute Gasteiger partial charge is 0.333 e. The maximum atomic E-state index is 10.9. The Balaban J connectivity index is 3.53. The van der Waals surface area contributed by atoms with E-state index < -0.39 is 11.9 Å². The summed E-state index contributed by atoms with van der Waals surface area (Å²) in [5.41, 5.74) is 4.12. The summed E-state index contributed by atoms with van der Waals surface area (Å²) in [6, 6.07) is -0.475. The number of terminal acetylenes is 1. The highest BCUT2D eigenvalue weighted by atomic mass is 16.2. The molecule has 0 rings (SSSR count). The molecule has 0 saturated carbocycles. The number of hydrogen-bond donors (Lipinski definition) is 3. The van der Waals surface area contributed by atoms with Gasteiger partial charge in [-0.25, -0.2) is 10.2 Å². The summed E-state index contributed by atoms with van der Waals surface area (Å²) in [6.45, 7) is 4.46. The molecule has 0 aliphatic carbocycles. The van der Waals surface area contributed by atoms with Gasteiger partial charge in [0.15, 0.2) is 0 Å². The number of urea groups is 1. The van der Waals surface area contributed by atoms with Gasteiger partial charge in [-0.05, 0) is 11.8 Å². The molecule has 0 saturated heterocycles. The molecule has 0 unspecified atom stereocenters. The normalized spacial score (nSPS) is 8.77. The first kappa shape index (κ1) is 11.3. The molecule has 13 heavy (non-hydrogen) atoms. The van der Waals surface area contributed by atoms with Crippen molar-refractivity contribution in [3.63, 3.8) is 0 Å². The van der Waals surface area contributed by atoms with Gasteiger partial charge in [0.05, 0.1) is 0 Å². The minimum Gasteiger partial charge on any atom is -0.336 e. The second-order valence-electron chi connectivity index (χ2n) is 2.83. The van der Waals surface area contributed by atoms with Crippen LogP contribution in [-0.4, -0.2) is 18.5 Å². The monoisotopic (exact) mass is 183 g/mol. The number of carbonyl (C=O) groups is 2. The molecule has 0 heterocycles. The zero-order chi connectivity index (χ0) is 10.3. The molecule has 3 amide bonds. The van der Waals surface area contributed by atoms with Crippen molar-refractivity contribution in [2.45, 2.75) is 13.8 Å². The van der Waals surface area contributed by atoms with Gasteiger partial charge < -0.3 is 5.32 Å². The average molecular weight is 183 g/mol. The topological polar surface area (TPSA) is 70.2 Å². The fourth-order valence-corrected chi connectivity index (χ4v) is 0.491. The molecule has 0 aromatic rings. The third-order valence-corrected chi connectivity index (χ3v) is 1.09. The molecule has 0 aliphatic heterocycles. The number of rotatable bonds is 2. The molecule has 0 radical (unpaired) electrons. The lowest BCUT2D eigenvalue weighted by Gasteiger charge is -2.08. The van der Waals surface area contributed by atoms with Gasteiger partial charge in [0.25, 0.3) is 0 Å². The van der Waals surface area contributed by atoms with Gasteiger partial charge in [-0.15, -0.1) is 6.42 Å². The van der Waals surface area contributed by atoms with Crippen molar-refractivity contribution in [2.75, 3.05) is 6.54 Å². The van der Waals surface area contributed by atoms with E-state index in [-0.39, 0.29) is 0 Å². The van der Waals surface area contributed by atoms with Crippen molar-refractivity contribution in [2.24, 2.45) is 5.92 Å². The summed E-state index contributed by atoms with van der Waals surface area (Å²) < 4.78 is 0. The lowest BCUT2D eigenvalue weighted by molar-refractivity contribution is -0.116. The number of carbonyl (C=O) groups excluding carboxylic acids is 2. The van der Waals surface area contributed by atoms with Crippen molar-refractivity contribution in [3.8, 4) is 12.3 Å². The molecule has 5 heteroatoms. The van der Waals surface area contributed by atoms with E-state index in [0.29, 0.717) is 12.5 Å². The number of hydrogen-bond acceptors (Lipinski definition) is 2. The zero-order valence-electron chi connectivity index (χ0n) is 7.68. The second kappa shape index (κ2) is 5.89. The molecule has 0 aliphatic rings. The molecular weight excluding hydrogens is 170 g/mol. The van der Waals surface area contributed by atoms with E-state index >= 15 is 0 Å². The minimum absolute atomic E-state index is 0.356. The van der Waals surface area contributed by atoms with E-state index in [0.717, 1.165) is 0 Å². The summed E-state index contributed by atoms with van der Waals surface area (Å²) in [6.07, 6.45) is 4.75. The van der Waals surface area contributed by atoms with Crippen molar-refractivity contribution < 1.29 is 9.59 Å². The summed E-state index contributed by atoms with van der Waals surface area (Å²) in [4.78, 5) is 21.3. The van der Waals surface area contributed by atoms with Gasteiger partial charge in [0.2, 0.25) is 0 Å². The highest BCUT2D eigenvalue weighted by molar-refractivity contribution is 5.93. The maximum absolute atomic E-state index is 10.9. The average Bonchev–Trinajstić information content (AvgIpc) is 2.10. The van der Waals surface area contributed by atoms with Crippen molar-refractivity contribution in [3.05, 3.63) is 0 Å². The fraction of sp³-hybridized carbons (Fsp3) is 0.500. The van der Waals surface area contributed by atoms with Crippen molar-refractivity contribution >= 4 is 11.9 Å². The molecule has 0 atom stereocenters. The highest BCUT2D eigenvalue weighted by Gasteiger charge is 2.01. The van der Waals surface area contributed by atoms with Crippen molar-refractivity contribution in [1.82, 2.24) is 16.2 Å². The summed E-state index contributed by atoms with van der Waals surface area (Å²) in [5, 5.41) is 2.53. The van der Waals surface area contributed by atoms with Crippen LogP contribution >= 0.6 is 0 Å². The molecule has 5 nitrogen and oxygen atoms in total. The predicted molar refractivity (Wildman–Crippen MR) is 48.3 cm³/mol. The van der Waals surface area contributed by atoms with Crippen LogP contribution in [0.4, 0.5) is 4.79 Å². The zero-order valence-corrected chi connectivity index (χ0v) is 7.68. The van der Waals surface area contributed by atoms with E-state index in [1.807, 2.05) is 19.3 Å². The Bertz CT molecular complexity index is 230. The molecule has 72 valence electrons. The molecular formula is C8H13N3O2. The van der Waals surface area contributed by atoms with E-state index in [9.17, 15) is 9.59 Å². The Kier molecular flexibility index (Phi) is 5.12. The first-order valence-corrected chi connectivity index (χ1v) is 3.86.